The molecule has 0 aromatic heterocycles. The van der Waals surface area contributed by atoms with Crippen molar-refractivity contribution in [1.82, 2.24) is 10.6 Å². The first-order valence-electron chi connectivity index (χ1n) is 7.16. The average Bonchev–Trinajstić information content (AvgIpc) is 2.51. The third-order valence-corrected chi connectivity index (χ3v) is 3.37. The minimum atomic E-state index is -0.603. The highest BCUT2D eigenvalue weighted by molar-refractivity contribution is 5.95. The summed E-state index contributed by atoms with van der Waals surface area (Å²) < 4.78 is 10.6. The van der Waals surface area contributed by atoms with Crippen LogP contribution in [0.2, 0.25) is 0 Å². The SMILES string of the molecule is CCCOc1ccccc1[C@H]1NC(=O)NC(C)=C1C(=O)OC. The second-order valence-electron chi connectivity index (χ2n) is 4.95. The molecular weight excluding hydrogens is 284 g/mol. The molecule has 118 valence electrons. The van der Waals surface area contributed by atoms with Crippen LogP contribution in [0.5, 0.6) is 5.75 Å². The molecule has 0 spiro atoms. The number of benzene rings is 1. The Kier molecular flexibility index (Phi) is 5.04. The van der Waals surface area contributed by atoms with Crippen LogP contribution < -0.4 is 15.4 Å². The van der Waals surface area contributed by atoms with Gasteiger partial charge in [0.15, 0.2) is 0 Å². The van der Waals surface area contributed by atoms with Gasteiger partial charge in [0.25, 0.3) is 0 Å². The zero-order valence-corrected chi connectivity index (χ0v) is 12.9. The number of amides is 2. The number of hydrogen-bond acceptors (Lipinski definition) is 4. The molecule has 1 aromatic rings. The lowest BCUT2D eigenvalue weighted by molar-refractivity contribution is -0.136. The molecule has 0 saturated heterocycles. The molecule has 0 fully saturated rings. The van der Waals surface area contributed by atoms with Gasteiger partial charge >= 0.3 is 12.0 Å². The Labute approximate surface area is 129 Å². The first-order chi connectivity index (χ1) is 10.6. The molecule has 1 aliphatic heterocycles. The van der Waals surface area contributed by atoms with E-state index in [1.54, 1.807) is 6.92 Å². The van der Waals surface area contributed by atoms with Crippen molar-refractivity contribution in [2.45, 2.75) is 26.3 Å². The molecule has 22 heavy (non-hydrogen) atoms. The van der Waals surface area contributed by atoms with Crippen LogP contribution in [0.15, 0.2) is 35.5 Å². The van der Waals surface area contributed by atoms with Crippen molar-refractivity contribution in [3.63, 3.8) is 0 Å². The lowest BCUT2D eigenvalue weighted by atomic mass is 9.95. The topological polar surface area (TPSA) is 76.7 Å². The number of hydrogen-bond donors (Lipinski definition) is 2. The predicted molar refractivity (Wildman–Crippen MR) is 81.4 cm³/mol. The van der Waals surface area contributed by atoms with Crippen molar-refractivity contribution >= 4 is 12.0 Å². The van der Waals surface area contributed by atoms with Crippen LogP contribution in [0, 0.1) is 0 Å². The van der Waals surface area contributed by atoms with Crippen LogP contribution in [0.25, 0.3) is 0 Å². The quantitative estimate of drug-likeness (QED) is 0.818. The largest absolute Gasteiger partial charge is 0.493 e. The lowest BCUT2D eigenvalue weighted by Gasteiger charge is -2.28. The van der Waals surface area contributed by atoms with E-state index >= 15 is 0 Å². The highest BCUT2D eigenvalue weighted by Crippen LogP contribution is 2.33. The van der Waals surface area contributed by atoms with Crippen LogP contribution in [-0.4, -0.2) is 25.7 Å². The first-order valence-corrected chi connectivity index (χ1v) is 7.16. The van der Waals surface area contributed by atoms with Gasteiger partial charge in [-0.2, -0.15) is 0 Å². The van der Waals surface area contributed by atoms with Crippen LogP contribution in [0.4, 0.5) is 4.79 Å². The Bertz CT molecular complexity index is 610. The van der Waals surface area contributed by atoms with Gasteiger partial charge in [-0.05, 0) is 19.4 Å². The van der Waals surface area contributed by atoms with Gasteiger partial charge in [0.2, 0.25) is 0 Å². The van der Waals surface area contributed by atoms with Gasteiger partial charge < -0.3 is 20.1 Å². The predicted octanol–water partition coefficient (Wildman–Crippen LogP) is 2.28. The van der Waals surface area contributed by atoms with E-state index in [-0.39, 0.29) is 6.03 Å². The number of esters is 1. The molecule has 1 aromatic carbocycles. The maximum Gasteiger partial charge on any atom is 0.337 e. The lowest BCUT2D eigenvalue weighted by Crippen LogP contribution is -2.45. The fourth-order valence-electron chi connectivity index (χ4n) is 2.37. The van der Waals surface area contributed by atoms with Crippen LogP contribution in [0.3, 0.4) is 0 Å². The van der Waals surface area contributed by atoms with E-state index in [9.17, 15) is 9.59 Å². The number of para-hydroxylation sites is 1. The third-order valence-electron chi connectivity index (χ3n) is 3.37. The Morgan fingerprint density at radius 2 is 2.05 bits per heavy atom. The summed E-state index contributed by atoms with van der Waals surface area (Å²) in [5.74, 6) is 0.158. The van der Waals surface area contributed by atoms with Crippen molar-refractivity contribution in [3.8, 4) is 5.75 Å². The standard InChI is InChI=1S/C16H20N2O4/c1-4-9-22-12-8-6-5-7-11(12)14-13(15(19)21-3)10(2)17-16(20)18-14/h5-8,14H,4,9H2,1-3H3,(H2,17,18,20)/t14-/m1/s1. The molecule has 0 bridgehead atoms. The molecule has 1 heterocycles. The third kappa shape index (κ3) is 3.21. The number of allylic oxidation sites excluding steroid dienone is 1. The Balaban J connectivity index is 2.46. The minimum absolute atomic E-state index is 0.361. The molecule has 6 nitrogen and oxygen atoms in total. The van der Waals surface area contributed by atoms with Gasteiger partial charge in [-0.25, -0.2) is 9.59 Å². The summed E-state index contributed by atoms with van der Waals surface area (Å²) in [6, 6.07) is 6.38. The summed E-state index contributed by atoms with van der Waals surface area (Å²) in [4.78, 5) is 23.9. The fraction of sp³-hybridized carbons (Fsp3) is 0.375. The molecule has 2 amide bonds. The van der Waals surface area contributed by atoms with Crippen LogP contribution in [0.1, 0.15) is 31.9 Å². The fourth-order valence-corrected chi connectivity index (χ4v) is 2.37. The zero-order chi connectivity index (χ0) is 16.1. The van der Waals surface area contributed by atoms with Gasteiger partial charge in [-0.3, -0.25) is 0 Å². The molecule has 0 aliphatic carbocycles. The maximum atomic E-state index is 12.1. The molecule has 0 unspecified atom stereocenters. The van der Waals surface area contributed by atoms with E-state index in [0.717, 1.165) is 12.0 Å². The number of urea groups is 1. The van der Waals surface area contributed by atoms with Gasteiger partial charge in [0.1, 0.15) is 5.75 Å². The zero-order valence-electron chi connectivity index (χ0n) is 12.9. The van der Waals surface area contributed by atoms with Crippen molar-refractivity contribution in [1.29, 1.82) is 0 Å². The average molecular weight is 304 g/mol. The van der Waals surface area contributed by atoms with Crippen LogP contribution >= 0.6 is 0 Å². The smallest absolute Gasteiger partial charge is 0.337 e. The maximum absolute atomic E-state index is 12.1. The van der Waals surface area contributed by atoms with Gasteiger partial charge in [0.05, 0.1) is 25.3 Å². The van der Waals surface area contributed by atoms with E-state index in [1.165, 1.54) is 7.11 Å². The molecule has 2 N–H and O–H groups in total. The molecular formula is C16H20N2O4. The number of carbonyl (C=O) groups excluding carboxylic acids is 2. The number of ether oxygens (including phenoxy) is 2. The number of rotatable bonds is 5. The first kappa shape index (κ1) is 15.9. The summed E-state index contributed by atoms with van der Waals surface area (Å²) in [6.07, 6.45) is 0.867. The van der Waals surface area contributed by atoms with Gasteiger partial charge in [-0.15, -0.1) is 0 Å². The summed E-state index contributed by atoms with van der Waals surface area (Å²) >= 11 is 0. The second kappa shape index (κ2) is 6.98. The summed E-state index contributed by atoms with van der Waals surface area (Å²) in [7, 11) is 1.32. The Morgan fingerprint density at radius 3 is 2.73 bits per heavy atom. The normalized spacial score (nSPS) is 17.6. The minimum Gasteiger partial charge on any atom is -0.493 e. The van der Waals surface area contributed by atoms with Gasteiger partial charge in [-0.1, -0.05) is 25.1 Å². The summed E-state index contributed by atoms with van der Waals surface area (Å²) in [6.45, 7) is 4.25. The summed E-state index contributed by atoms with van der Waals surface area (Å²) in [5, 5.41) is 5.35. The van der Waals surface area contributed by atoms with E-state index in [1.807, 2.05) is 31.2 Å². The second-order valence-corrected chi connectivity index (χ2v) is 4.95. The highest BCUT2D eigenvalue weighted by atomic mass is 16.5. The number of methoxy groups -OCH3 is 1. The monoisotopic (exact) mass is 304 g/mol. The van der Waals surface area contributed by atoms with E-state index in [4.69, 9.17) is 9.47 Å². The van der Waals surface area contributed by atoms with Crippen molar-refractivity contribution in [3.05, 3.63) is 41.1 Å². The van der Waals surface area contributed by atoms with Crippen molar-refractivity contribution in [2.24, 2.45) is 0 Å². The number of carbonyl (C=O) groups is 2. The molecule has 6 heteroatoms. The molecule has 0 saturated carbocycles. The molecule has 1 atom stereocenters. The van der Waals surface area contributed by atoms with E-state index < -0.39 is 12.0 Å². The molecule has 2 rings (SSSR count). The highest BCUT2D eigenvalue weighted by Gasteiger charge is 2.33. The van der Waals surface area contributed by atoms with Crippen molar-refractivity contribution < 1.29 is 19.1 Å². The van der Waals surface area contributed by atoms with Gasteiger partial charge in [0, 0.05) is 11.3 Å². The van der Waals surface area contributed by atoms with Crippen molar-refractivity contribution in [2.75, 3.05) is 13.7 Å². The van der Waals surface area contributed by atoms with E-state index in [0.29, 0.717) is 23.6 Å². The number of nitrogens with one attached hydrogen (secondary N) is 2. The summed E-state index contributed by atoms with van der Waals surface area (Å²) in [5.41, 5.74) is 1.58. The van der Waals surface area contributed by atoms with E-state index in [2.05, 4.69) is 10.6 Å². The Morgan fingerprint density at radius 1 is 1.32 bits per heavy atom. The Hall–Kier alpha value is -2.50. The van der Waals surface area contributed by atoms with Crippen LogP contribution in [-0.2, 0) is 9.53 Å². The molecule has 1 aliphatic rings. The molecule has 0 radical (unpaired) electrons.